The number of aromatic nitrogens is 1. The first kappa shape index (κ1) is 16.5. The second kappa shape index (κ2) is 6.93. The van der Waals surface area contributed by atoms with Gasteiger partial charge >= 0.3 is 0 Å². The fourth-order valence-corrected chi connectivity index (χ4v) is 2.60. The van der Waals surface area contributed by atoms with Gasteiger partial charge < -0.3 is 9.88 Å². The lowest BCUT2D eigenvalue weighted by molar-refractivity contribution is 0.532. The van der Waals surface area contributed by atoms with Crippen molar-refractivity contribution in [3.8, 4) is 5.69 Å². The van der Waals surface area contributed by atoms with Crippen LogP contribution < -0.4 is 10.7 Å². The molecule has 0 saturated carbocycles. The molecular formula is C19H26N2O. The third-order valence-electron chi connectivity index (χ3n) is 4.06. The lowest BCUT2D eigenvalue weighted by Gasteiger charge is -2.16. The van der Waals surface area contributed by atoms with Crippen molar-refractivity contribution in [1.82, 2.24) is 9.88 Å². The first-order valence-corrected chi connectivity index (χ1v) is 7.95. The van der Waals surface area contributed by atoms with Gasteiger partial charge in [0.05, 0.1) is 0 Å². The zero-order valence-electron chi connectivity index (χ0n) is 14.2. The van der Waals surface area contributed by atoms with Gasteiger partial charge in [-0.2, -0.15) is 0 Å². The van der Waals surface area contributed by atoms with E-state index in [2.05, 4.69) is 55.8 Å². The molecule has 0 fully saturated rings. The number of pyridine rings is 1. The summed E-state index contributed by atoms with van der Waals surface area (Å²) in [5.41, 5.74) is 5.45. The van der Waals surface area contributed by atoms with Crippen molar-refractivity contribution in [2.75, 3.05) is 0 Å². The molecule has 0 aliphatic carbocycles. The SMILES string of the molecule is CCC(C)NCc1cn(-c2cc(C)cc(C)c2)c(C)cc1=O. The van der Waals surface area contributed by atoms with Crippen LogP contribution in [0.1, 0.15) is 42.7 Å². The lowest BCUT2D eigenvalue weighted by Crippen LogP contribution is -2.28. The van der Waals surface area contributed by atoms with Gasteiger partial charge in [-0.3, -0.25) is 4.79 Å². The number of rotatable bonds is 5. The molecule has 2 rings (SSSR count). The van der Waals surface area contributed by atoms with Gasteiger partial charge in [-0.05, 0) is 57.4 Å². The lowest BCUT2D eigenvalue weighted by atomic mass is 10.1. The Labute approximate surface area is 133 Å². The van der Waals surface area contributed by atoms with Crippen molar-refractivity contribution in [3.05, 3.63) is 63.1 Å². The van der Waals surface area contributed by atoms with Crippen molar-refractivity contribution in [2.24, 2.45) is 0 Å². The highest BCUT2D eigenvalue weighted by Crippen LogP contribution is 2.15. The molecule has 118 valence electrons. The van der Waals surface area contributed by atoms with Gasteiger partial charge in [0, 0.05) is 41.8 Å². The molecule has 3 nitrogen and oxygen atoms in total. The van der Waals surface area contributed by atoms with Crippen LogP contribution in [0.25, 0.3) is 5.69 Å². The fraction of sp³-hybridized carbons (Fsp3) is 0.421. The molecule has 22 heavy (non-hydrogen) atoms. The fourth-order valence-electron chi connectivity index (χ4n) is 2.60. The molecule has 1 aromatic heterocycles. The van der Waals surface area contributed by atoms with Crippen molar-refractivity contribution >= 4 is 0 Å². The Hall–Kier alpha value is -1.87. The maximum Gasteiger partial charge on any atom is 0.186 e. The summed E-state index contributed by atoms with van der Waals surface area (Å²) < 4.78 is 2.11. The van der Waals surface area contributed by atoms with Crippen LogP contribution in [0.2, 0.25) is 0 Å². The Balaban J connectivity index is 2.41. The Morgan fingerprint density at radius 1 is 1.09 bits per heavy atom. The molecule has 2 aromatic rings. The van der Waals surface area contributed by atoms with Gasteiger partial charge in [0.1, 0.15) is 0 Å². The van der Waals surface area contributed by atoms with Gasteiger partial charge in [0.2, 0.25) is 0 Å². The molecule has 1 heterocycles. The van der Waals surface area contributed by atoms with E-state index in [1.165, 1.54) is 11.1 Å². The predicted octanol–water partition coefficient (Wildman–Crippen LogP) is 3.65. The van der Waals surface area contributed by atoms with Crippen LogP contribution in [0.5, 0.6) is 0 Å². The number of aryl methyl sites for hydroxylation is 3. The standard InChI is InChI=1S/C19H26N2O/c1-6-15(4)20-11-17-12-21(16(5)10-19(17)22)18-8-13(2)7-14(3)9-18/h7-10,12,15,20H,6,11H2,1-5H3. The van der Waals surface area contributed by atoms with E-state index in [1.54, 1.807) is 6.07 Å². The minimum absolute atomic E-state index is 0.105. The van der Waals surface area contributed by atoms with Crippen molar-refractivity contribution in [2.45, 2.75) is 53.6 Å². The molecular weight excluding hydrogens is 272 g/mol. The predicted molar refractivity (Wildman–Crippen MR) is 92.8 cm³/mol. The first-order chi connectivity index (χ1) is 10.4. The van der Waals surface area contributed by atoms with Gasteiger partial charge in [0.25, 0.3) is 0 Å². The van der Waals surface area contributed by atoms with E-state index >= 15 is 0 Å². The Kier molecular flexibility index (Phi) is 5.19. The monoisotopic (exact) mass is 298 g/mol. The summed E-state index contributed by atoms with van der Waals surface area (Å²) in [4.78, 5) is 12.2. The topological polar surface area (TPSA) is 34.0 Å². The number of hydrogen-bond donors (Lipinski definition) is 1. The third-order valence-corrected chi connectivity index (χ3v) is 4.06. The normalized spacial score (nSPS) is 12.4. The van der Waals surface area contributed by atoms with Crippen LogP contribution in [0.3, 0.4) is 0 Å². The molecule has 1 N–H and O–H groups in total. The van der Waals surface area contributed by atoms with Crippen LogP contribution in [0, 0.1) is 20.8 Å². The summed E-state index contributed by atoms with van der Waals surface area (Å²) >= 11 is 0. The largest absolute Gasteiger partial charge is 0.321 e. The van der Waals surface area contributed by atoms with Crippen LogP contribution in [-0.4, -0.2) is 10.6 Å². The maximum atomic E-state index is 12.2. The van der Waals surface area contributed by atoms with E-state index in [0.717, 1.165) is 23.4 Å². The summed E-state index contributed by atoms with van der Waals surface area (Å²) in [7, 11) is 0. The van der Waals surface area contributed by atoms with Gasteiger partial charge in [0.15, 0.2) is 5.43 Å². The van der Waals surface area contributed by atoms with Crippen LogP contribution in [-0.2, 0) is 6.54 Å². The molecule has 3 heteroatoms. The summed E-state index contributed by atoms with van der Waals surface area (Å²) in [5.74, 6) is 0. The summed E-state index contributed by atoms with van der Waals surface area (Å²) in [6.45, 7) is 11.1. The molecule has 0 aliphatic heterocycles. The Bertz CT molecular complexity index is 696. The average molecular weight is 298 g/mol. The van der Waals surface area contributed by atoms with Gasteiger partial charge in [-0.25, -0.2) is 0 Å². The third kappa shape index (κ3) is 3.86. The highest BCUT2D eigenvalue weighted by molar-refractivity contribution is 5.41. The molecule has 0 radical (unpaired) electrons. The molecule has 0 aliphatic rings. The van der Waals surface area contributed by atoms with E-state index < -0.39 is 0 Å². The number of nitrogens with zero attached hydrogens (tertiary/aromatic N) is 1. The highest BCUT2D eigenvalue weighted by Gasteiger charge is 2.07. The second-order valence-corrected chi connectivity index (χ2v) is 6.21. The van der Waals surface area contributed by atoms with Gasteiger partial charge in [-0.15, -0.1) is 0 Å². The average Bonchev–Trinajstić information content (AvgIpc) is 2.44. The Morgan fingerprint density at radius 3 is 2.32 bits per heavy atom. The quantitative estimate of drug-likeness (QED) is 0.914. The zero-order valence-corrected chi connectivity index (χ0v) is 14.2. The van der Waals surface area contributed by atoms with E-state index in [1.807, 2.05) is 13.1 Å². The van der Waals surface area contributed by atoms with Crippen LogP contribution in [0.4, 0.5) is 0 Å². The summed E-state index contributed by atoms with van der Waals surface area (Å²) in [5, 5.41) is 3.40. The number of benzene rings is 1. The van der Waals surface area contributed by atoms with Crippen molar-refractivity contribution in [3.63, 3.8) is 0 Å². The molecule has 1 aromatic carbocycles. The number of hydrogen-bond acceptors (Lipinski definition) is 2. The highest BCUT2D eigenvalue weighted by atomic mass is 16.1. The molecule has 1 atom stereocenters. The molecule has 0 amide bonds. The van der Waals surface area contributed by atoms with Gasteiger partial charge in [-0.1, -0.05) is 13.0 Å². The van der Waals surface area contributed by atoms with E-state index in [-0.39, 0.29) is 5.43 Å². The maximum absolute atomic E-state index is 12.2. The molecule has 1 unspecified atom stereocenters. The minimum Gasteiger partial charge on any atom is -0.321 e. The molecule has 0 saturated heterocycles. The van der Waals surface area contributed by atoms with E-state index in [4.69, 9.17) is 0 Å². The van der Waals surface area contributed by atoms with Crippen LogP contribution >= 0.6 is 0 Å². The van der Waals surface area contributed by atoms with Crippen LogP contribution in [0.15, 0.2) is 35.3 Å². The Morgan fingerprint density at radius 2 is 1.73 bits per heavy atom. The van der Waals surface area contributed by atoms with E-state index in [0.29, 0.717) is 12.6 Å². The number of nitrogens with one attached hydrogen (secondary N) is 1. The smallest absolute Gasteiger partial charge is 0.186 e. The second-order valence-electron chi connectivity index (χ2n) is 6.21. The zero-order chi connectivity index (χ0) is 16.3. The summed E-state index contributed by atoms with van der Waals surface area (Å²) in [6.07, 6.45) is 3.03. The van der Waals surface area contributed by atoms with Crippen molar-refractivity contribution < 1.29 is 0 Å². The summed E-state index contributed by atoms with van der Waals surface area (Å²) in [6, 6.07) is 8.60. The first-order valence-electron chi connectivity index (χ1n) is 7.95. The minimum atomic E-state index is 0.105. The molecule has 0 spiro atoms. The molecule has 0 bridgehead atoms. The van der Waals surface area contributed by atoms with Crippen molar-refractivity contribution in [1.29, 1.82) is 0 Å². The van der Waals surface area contributed by atoms with E-state index in [9.17, 15) is 4.79 Å².